The van der Waals surface area contributed by atoms with Crippen LogP contribution in [-0.2, 0) is 42.9 Å². The summed E-state index contributed by atoms with van der Waals surface area (Å²) in [6, 6.07) is 0. The van der Waals surface area contributed by atoms with E-state index in [1.807, 2.05) is 0 Å². The number of hydrogen-bond acceptors (Lipinski definition) is 11. The van der Waals surface area contributed by atoms with Crippen LogP contribution in [0, 0.1) is 0 Å². The molecular formula is C59H100O12. The minimum absolute atomic E-state index is 0.00750. The minimum Gasteiger partial charge on any atom is -0.479 e. The summed E-state index contributed by atoms with van der Waals surface area (Å²) in [6.45, 7) is 5.81. The van der Waals surface area contributed by atoms with Gasteiger partial charge in [0.15, 0.2) is 24.6 Å². The van der Waals surface area contributed by atoms with Crippen LogP contribution in [0.1, 0.15) is 239 Å². The van der Waals surface area contributed by atoms with Crippen molar-refractivity contribution in [3.05, 3.63) is 60.8 Å². The van der Waals surface area contributed by atoms with E-state index >= 15 is 0 Å². The van der Waals surface area contributed by atoms with Gasteiger partial charge in [0.25, 0.3) is 0 Å². The van der Waals surface area contributed by atoms with Gasteiger partial charge in [-0.1, -0.05) is 204 Å². The van der Waals surface area contributed by atoms with E-state index in [0.717, 1.165) is 89.9 Å². The highest BCUT2D eigenvalue weighted by Gasteiger charge is 2.50. The highest BCUT2D eigenvalue weighted by atomic mass is 16.7. The lowest BCUT2D eigenvalue weighted by atomic mass is 9.98. The van der Waals surface area contributed by atoms with Gasteiger partial charge in [-0.25, -0.2) is 4.79 Å². The monoisotopic (exact) mass is 1000 g/mol. The fraction of sp³-hybridized carbons (Fsp3) is 0.763. The molecule has 1 rings (SSSR count). The van der Waals surface area contributed by atoms with Crippen molar-refractivity contribution >= 4 is 23.9 Å². The summed E-state index contributed by atoms with van der Waals surface area (Å²) in [5.41, 5.74) is 0. The first-order chi connectivity index (χ1) is 34.6. The van der Waals surface area contributed by atoms with E-state index in [-0.39, 0.29) is 25.9 Å². The summed E-state index contributed by atoms with van der Waals surface area (Å²) in [6.07, 6.45) is 44.9. The molecule has 0 aromatic heterocycles. The lowest BCUT2D eigenvalue weighted by molar-refractivity contribution is -0.301. The highest BCUT2D eigenvalue weighted by molar-refractivity contribution is 5.74. The summed E-state index contributed by atoms with van der Waals surface area (Å²) in [5.74, 6) is -3.18. The Labute approximate surface area is 430 Å². The molecule has 1 heterocycles. The molecule has 6 atom stereocenters. The van der Waals surface area contributed by atoms with E-state index in [2.05, 4.69) is 81.5 Å². The predicted molar refractivity (Wildman–Crippen MR) is 285 cm³/mol. The molecule has 6 unspecified atom stereocenters. The zero-order chi connectivity index (χ0) is 51.8. The Kier molecular flexibility index (Phi) is 43.7. The molecule has 1 aliphatic rings. The van der Waals surface area contributed by atoms with E-state index < -0.39 is 67.3 Å². The van der Waals surface area contributed by atoms with Crippen LogP contribution >= 0.6 is 0 Å². The lowest BCUT2D eigenvalue weighted by Crippen LogP contribution is -2.61. The van der Waals surface area contributed by atoms with Crippen molar-refractivity contribution in [1.29, 1.82) is 0 Å². The SMILES string of the molecule is CC/C=C\C/C=C\C/C=C\C/C=C\CCCCC(=O)OC1C(OCC(COC(=O)CCCCCCCCCCCCCCCCC)OC(=O)CCCCCCC/C=C\CCCC)OC(C(=O)O)C(O)C1O. The third-order valence-electron chi connectivity index (χ3n) is 12.6. The predicted octanol–water partition coefficient (Wildman–Crippen LogP) is 14.0. The fourth-order valence-electron chi connectivity index (χ4n) is 8.22. The van der Waals surface area contributed by atoms with Crippen molar-refractivity contribution in [3.8, 4) is 0 Å². The Morgan fingerprint density at radius 3 is 1.44 bits per heavy atom. The molecule has 12 heteroatoms. The van der Waals surface area contributed by atoms with Crippen molar-refractivity contribution in [2.75, 3.05) is 13.2 Å². The molecule has 1 fully saturated rings. The molecule has 408 valence electrons. The van der Waals surface area contributed by atoms with Crippen LogP contribution < -0.4 is 0 Å². The molecule has 0 amide bonds. The Morgan fingerprint density at radius 2 is 0.901 bits per heavy atom. The van der Waals surface area contributed by atoms with Crippen molar-refractivity contribution in [2.24, 2.45) is 0 Å². The molecule has 0 aliphatic carbocycles. The van der Waals surface area contributed by atoms with Gasteiger partial charge in [0.2, 0.25) is 0 Å². The van der Waals surface area contributed by atoms with Gasteiger partial charge in [-0.2, -0.15) is 0 Å². The van der Waals surface area contributed by atoms with Crippen LogP contribution in [0.3, 0.4) is 0 Å². The average Bonchev–Trinajstić information content (AvgIpc) is 3.35. The topological polar surface area (TPSA) is 175 Å². The molecule has 1 saturated heterocycles. The van der Waals surface area contributed by atoms with E-state index in [1.54, 1.807) is 0 Å². The third kappa shape index (κ3) is 37.8. The smallest absolute Gasteiger partial charge is 0.335 e. The summed E-state index contributed by atoms with van der Waals surface area (Å²) < 4.78 is 28.3. The second-order valence-corrected chi connectivity index (χ2v) is 19.2. The Balaban J connectivity index is 2.72. The van der Waals surface area contributed by atoms with E-state index in [1.165, 1.54) is 83.5 Å². The lowest BCUT2D eigenvalue weighted by Gasteiger charge is -2.40. The maximum Gasteiger partial charge on any atom is 0.335 e. The number of carbonyl (C=O) groups is 4. The number of aliphatic carboxylic acids is 1. The Bertz CT molecular complexity index is 1470. The van der Waals surface area contributed by atoms with Gasteiger partial charge in [-0.15, -0.1) is 0 Å². The number of hydrogen-bond donors (Lipinski definition) is 3. The number of carboxylic acids is 1. The summed E-state index contributed by atoms with van der Waals surface area (Å²) in [7, 11) is 0. The normalized spacial score (nSPS) is 18.9. The molecule has 1 aliphatic heterocycles. The summed E-state index contributed by atoms with van der Waals surface area (Å²) in [4.78, 5) is 50.9. The van der Waals surface area contributed by atoms with Gasteiger partial charge >= 0.3 is 23.9 Å². The zero-order valence-corrected chi connectivity index (χ0v) is 44.7. The van der Waals surface area contributed by atoms with Crippen LogP contribution in [0.4, 0.5) is 0 Å². The number of esters is 3. The molecule has 3 N–H and O–H groups in total. The van der Waals surface area contributed by atoms with E-state index in [0.29, 0.717) is 25.7 Å². The van der Waals surface area contributed by atoms with Crippen molar-refractivity contribution in [3.63, 3.8) is 0 Å². The fourth-order valence-corrected chi connectivity index (χ4v) is 8.22. The van der Waals surface area contributed by atoms with Crippen LogP contribution in [0.25, 0.3) is 0 Å². The molecule has 0 radical (unpaired) electrons. The number of aliphatic hydroxyl groups is 2. The number of rotatable bonds is 47. The van der Waals surface area contributed by atoms with Crippen molar-refractivity contribution in [1.82, 2.24) is 0 Å². The number of carboxylic acid groups (broad SMARTS) is 1. The minimum atomic E-state index is -1.92. The molecule has 0 aromatic rings. The van der Waals surface area contributed by atoms with E-state index in [9.17, 15) is 34.5 Å². The highest BCUT2D eigenvalue weighted by Crippen LogP contribution is 2.26. The second kappa shape index (κ2) is 47.4. The number of unbranched alkanes of at least 4 members (excludes halogenated alkanes) is 23. The average molecular weight is 1000 g/mol. The maximum atomic E-state index is 13.1. The van der Waals surface area contributed by atoms with Gasteiger partial charge in [0, 0.05) is 19.3 Å². The van der Waals surface area contributed by atoms with Crippen molar-refractivity contribution in [2.45, 2.75) is 276 Å². The number of aliphatic hydroxyl groups excluding tert-OH is 2. The molecule has 0 aromatic carbocycles. The third-order valence-corrected chi connectivity index (χ3v) is 12.6. The summed E-state index contributed by atoms with van der Waals surface area (Å²) in [5, 5.41) is 31.4. The second-order valence-electron chi connectivity index (χ2n) is 19.2. The largest absolute Gasteiger partial charge is 0.479 e. The molecule has 12 nitrogen and oxygen atoms in total. The van der Waals surface area contributed by atoms with Gasteiger partial charge in [-0.05, 0) is 77.0 Å². The molecule has 71 heavy (non-hydrogen) atoms. The van der Waals surface area contributed by atoms with E-state index in [4.69, 9.17) is 23.7 Å². The zero-order valence-electron chi connectivity index (χ0n) is 44.7. The summed E-state index contributed by atoms with van der Waals surface area (Å²) >= 11 is 0. The van der Waals surface area contributed by atoms with Crippen LogP contribution in [0.5, 0.6) is 0 Å². The van der Waals surface area contributed by atoms with Gasteiger partial charge < -0.3 is 39.0 Å². The molecular weight excluding hydrogens is 901 g/mol. The first-order valence-electron chi connectivity index (χ1n) is 28.3. The van der Waals surface area contributed by atoms with Gasteiger partial charge in [-0.3, -0.25) is 14.4 Å². The number of ether oxygens (including phenoxy) is 5. The Morgan fingerprint density at radius 1 is 0.479 bits per heavy atom. The van der Waals surface area contributed by atoms with Crippen molar-refractivity contribution < 1.29 is 58.2 Å². The van der Waals surface area contributed by atoms with Crippen LogP contribution in [0.2, 0.25) is 0 Å². The molecule has 0 bridgehead atoms. The van der Waals surface area contributed by atoms with Gasteiger partial charge in [0.05, 0.1) is 6.61 Å². The number of carbonyl (C=O) groups excluding carboxylic acids is 3. The first-order valence-corrected chi connectivity index (χ1v) is 28.3. The molecule has 0 saturated carbocycles. The van der Waals surface area contributed by atoms with Crippen LogP contribution in [-0.4, -0.2) is 89.2 Å². The van der Waals surface area contributed by atoms with Crippen LogP contribution in [0.15, 0.2) is 60.8 Å². The molecule has 0 spiro atoms. The Hall–Kier alpha value is -3.58. The standard InChI is InChI=1S/C59H100O12/c1-4-7-10-13-16-19-22-24-26-28-31-33-36-39-42-45-51(60)67-48-50(69-52(61)46-43-40-37-34-30-21-18-15-12-9-6-3)49-68-59-57(55(64)54(63)56(71-59)58(65)66)70-53(62)47-44-41-38-35-32-29-27-25-23-20-17-14-11-8-5-2/h8,11,15,17-18,20,25,27,32,35,50,54-57,59,63-64H,4-7,9-10,12-14,16,19,21-24,26,28-31,33-34,36-49H2,1-3H3,(H,65,66)/b11-8-,18-15-,20-17-,27-25-,35-32-. The quantitative estimate of drug-likeness (QED) is 0.0228. The first kappa shape index (κ1) is 65.4. The maximum absolute atomic E-state index is 13.1. The number of allylic oxidation sites excluding steroid dienone is 10. The van der Waals surface area contributed by atoms with Gasteiger partial charge in [0.1, 0.15) is 18.8 Å².